The van der Waals surface area contributed by atoms with Gasteiger partial charge in [-0.1, -0.05) is 18.2 Å². The standard InChI is InChI=1S/C14H14ClN3O2/c1-10-7-13(16-14(20)8-12(19)9-15)18(17-10)11-5-3-2-4-6-11/h2-7H,8-9H2,1H3,(H,16,20). The number of alkyl halides is 1. The number of benzene rings is 1. The molecule has 1 aromatic carbocycles. The number of aryl methyl sites for hydroxylation is 1. The number of ketones is 1. The molecule has 0 bridgehead atoms. The van der Waals surface area contributed by atoms with Gasteiger partial charge in [-0.15, -0.1) is 11.6 Å². The van der Waals surface area contributed by atoms with E-state index in [1.807, 2.05) is 37.3 Å². The summed E-state index contributed by atoms with van der Waals surface area (Å²) < 4.78 is 1.62. The van der Waals surface area contributed by atoms with E-state index in [0.717, 1.165) is 11.4 Å². The summed E-state index contributed by atoms with van der Waals surface area (Å²) in [6.45, 7) is 1.83. The number of halogens is 1. The van der Waals surface area contributed by atoms with E-state index < -0.39 is 5.91 Å². The van der Waals surface area contributed by atoms with E-state index in [-0.39, 0.29) is 18.1 Å². The number of hydrogen-bond acceptors (Lipinski definition) is 3. The lowest BCUT2D eigenvalue weighted by molar-refractivity contribution is -0.124. The molecule has 0 radical (unpaired) electrons. The van der Waals surface area contributed by atoms with Crippen molar-refractivity contribution >= 4 is 29.1 Å². The highest BCUT2D eigenvalue weighted by atomic mass is 35.5. The highest BCUT2D eigenvalue weighted by molar-refractivity contribution is 6.29. The van der Waals surface area contributed by atoms with Crippen LogP contribution in [0.5, 0.6) is 0 Å². The maximum atomic E-state index is 11.7. The van der Waals surface area contributed by atoms with Crippen molar-refractivity contribution in [1.82, 2.24) is 9.78 Å². The number of anilines is 1. The molecule has 1 aromatic heterocycles. The molecule has 20 heavy (non-hydrogen) atoms. The van der Waals surface area contributed by atoms with Gasteiger partial charge in [0, 0.05) is 6.07 Å². The monoisotopic (exact) mass is 291 g/mol. The summed E-state index contributed by atoms with van der Waals surface area (Å²) in [5.41, 5.74) is 1.60. The lowest BCUT2D eigenvalue weighted by Crippen LogP contribution is -2.19. The largest absolute Gasteiger partial charge is 0.310 e. The molecule has 0 aliphatic heterocycles. The van der Waals surface area contributed by atoms with Crippen LogP contribution in [0.2, 0.25) is 0 Å². The summed E-state index contributed by atoms with van der Waals surface area (Å²) in [7, 11) is 0. The second kappa shape index (κ2) is 6.34. The quantitative estimate of drug-likeness (QED) is 0.679. The average molecular weight is 292 g/mol. The Bertz CT molecular complexity index is 623. The van der Waals surface area contributed by atoms with Crippen LogP contribution < -0.4 is 5.32 Å². The zero-order chi connectivity index (χ0) is 14.5. The van der Waals surface area contributed by atoms with Crippen LogP contribution >= 0.6 is 11.6 Å². The number of rotatable bonds is 5. The van der Waals surface area contributed by atoms with Crippen LogP contribution in [0.4, 0.5) is 5.82 Å². The van der Waals surface area contributed by atoms with Crippen LogP contribution in [0.1, 0.15) is 12.1 Å². The van der Waals surface area contributed by atoms with Gasteiger partial charge in [0.25, 0.3) is 0 Å². The number of nitrogens with one attached hydrogen (secondary N) is 1. The summed E-state index contributed by atoms with van der Waals surface area (Å²) in [5, 5.41) is 7.00. The number of aromatic nitrogens is 2. The van der Waals surface area contributed by atoms with E-state index in [2.05, 4.69) is 10.4 Å². The van der Waals surface area contributed by atoms with Crippen molar-refractivity contribution in [2.75, 3.05) is 11.2 Å². The predicted octanol–water partition coefficient (Wildman–Crippen LogP) is 2.32. The highest BCUT2D eigenvalue weighted by Crippen LogP contribution is 2.17. The third-order valence-corrected chi connectivity index (χ3v) is 2.90. The summed E-state index contributed by atoms with van der Waals surface area (Å²) in [4.78, 5) is 22.9. The van der Waals surface area contributed by atoms with Gasteiger partial charge in [-0.2, -0.15) is 5.10 Å². The van der Waals surface area contributed by atoms with Gasteiger partial charge < -0.3 is 5.32 Å². The molecule has 104 valence electrons. The lowest BCUT2D eigenvalue weighted by atomic mass is 10.3. The minimum absolute atomic E-state index is 0.162. The van der Waals surface area contributed by atoms with E-state index in [9.17, 15) is 9.59 Å². The van der Waals surface area contributed by atoms with Crippen molar-refractivity contribution in [3.63, 3.8) is 0 Å². The highest BCUT2D eigenvalue weighted by Gasteiger charge is 2.13. The summed E-state index contributed by atoms with van der Waals surface area (Å²) in [6.07, 6.45) is -0.234. The molecule has 2 rings (SSSR count). The summed E-state index contributed by atoms with van der Waals surface area (Å²) >= 11 is 5.38. The van der Waals surface area contributed by atoms with E-state index in [4.69, 9.17) is 11.6 Å². The van der Waals surface area contributed by atoms with Crippen LogP contribution in [-0.2, 0) is 9.59 Å². The molecule has 1 N–H and O–H groups in total. The Morgan fingerprint density at radius 1 is 1.30 bits per heavy atom. The number of Topliss-reactive ketones (excluding diaryl/α,β-unsaturated/α-hetero) is 1. The van der Waals surface area contributed by atoms with Gasteiger partial charge in [0.2, 0.25) is 5.91 Å². The van der Waals surface area contributed by atoms with E-state index in [0.29, 0.717) is 5.82 Å². The number of carbonyl (C=O) groups excluding carboxylic acids is 2. The molecule has 1 amide bonds. The molecule has 6 heteroatoms. The molecular weight excluding hydrogens is 278 g/mol. The fraction of sp³-hybridized carbons (Fsp3) is 0.214. The van der Waals surface area contributed by atoms with Gasteiger partial charge in [-0.3, -0.25) is 9.59 Å². The molecule has 1 heterocycles. The lowest BCUT2D eigenvalue weighted by Gasteiger charge is -2.08. The molecule has 0 unspecified atom stereocenters. The zero-order valence-electron chi connectivity index (χ0n) is 11.0. The number of amides is 1. The Balaban J connectivity index is 2.21. The van der Waals surface area contributed by atoms with Crippen LogP contribution in [0.15, 0.2) is 36.4 Å². The smallest absolute Gasteiger partial charge is 0.233 e. The minimum Gasteiger partial charge on any atom is -0.310 e. The Morgan fingerprint density at radius 2 is 2.00 bits per heavy atom. The second-order valence-corrected chi connectivity index (χ2v) is 4.58. The maximum absolute atomic E-state index is 11.7. The predicted molar refractivity (Wildman–Crippen MR) is 77.3 cm³/mol. The van der Waals surface area contributed by atoms with Crippen molar-refractivity contribution < 1.29 is 9.59 Å². The molecule has 0 spiro atoms. The minimum atomic E-state index is -0.396. The number of hydrogen-bond donors (Lipinski definition) is 1. The number of carbonyl (C=O) groups is 2. The van der Waals surface area contributed by atoms with Crippen LogP contribution in [0.3, 0.4) is 0 Å². The molecule has 0 aliphatic carbocycles. The third kappa shape index (κ3) is 3.45. The van der Waals surface area contributed by atoms with Crippen molar-refractivity contribution in [1.29, 1.82) is 0 Å². The SMILES string of the molecule is Cc1cc(NC(=O)CC(=O)CCl)n(-c2ccccc2)n1. The van der Waals surface area contributed by atoms with Gasteiger partial charge >= 0.3 is 0 Å². The first kappa shape index (κ1) is 14.3. The van der Waals surface area contributed by atoms with Gasteiger partial charge in [0.05, 0.1) is 23.7 Å². The first-order chi connectivity index (χ1) is 9.60. The Morgan fingerprint density at radius 3 is 2.65 bits per heavy atom. The van der Waals surface area contributed by atoms with Crippen LogP contribution in [-0.4, -0.2) is 27.4 Å². The maximum Gasteiger partial charge on any atom is 0.233 e. The van der Waals surface area contributed by atoms with Crippen LogP contribution in [0, 0.1) is 6.92 Å². The van der Waals surface area contributed by atoms with Crippen molar-refractivity contribution in [2.45, 2.75) is 13.3 Å². The summed E-state index contributed by atoms with van der Waals surface area (Å²) in [6, 6.07) is 11.2. The van der Waals surface area contributed by atoms with Crippen molar-refractivity contribution in [3.05, 3.63) is 42.1 Å². The first-order valence-corrected chi connectivity index (χ1v) is 6.63. The molecule has 0 saturated heterocycles. The molecule has 0 saturated carbocycles. The molecule has 0 aliphatic rings. The molecule has 2 aromatic rings. The van der Waals surface area contributed by atoms with Gasteiger partial charge in [0.15, 0.2) is 5.78 Å². The molecule has 0 atom stereocenters. The summed E-state index contributed by atoms with van der Waals surface area (Å²) in [5.74, 6) is -0.342. The molecule has 0 fully saturated rings. The van der Waals surface area contributed by atoms with Crippen molar-refractivity contribution in [2.24, 2.45) is 0 Å². The molecule has 5 nitrogen and oxygen atoms in total. The van der Waals surface area contributed by atoms with Crippen molar-refractivity contribution in [3.8, 4) is 5.69 Å². The second-order valence-electron chi connectivity index (χ2n) is 4.32. The Hall–Kier alpha value is -2.14. The van der Waals surface area contributed by atoms with Gasteiger partial charge in [-0.25, -0.2) is 4.68 Å². The third-order valence-electron chi connectivity index (χ3n) is 2.61. The van der Waals surface area contributed by atoms with Gasteiger partial charge in [-0.05, 0) is 19.1 Å². The number of para-hydroxylation sites is 1. The van der Waals surface area contributed by atoms with E-state index in [1.54, 1.807) is 10.7 Å². The van der Waals surface area contributed by atoms with E-state index >= 15 is 0 Å². The zero-order valence-corrected chi connectivity index (χ0v) is 11.7. The first-order valence-electron chi connectivity index (χ1n) is 6.10. The molecular formula is C14H14ClN3O2. The Labute approximate surface area is 121 Å². The fourth-order valence-corrected chi connectivity index (χ4v) is 1.86. The average Bonchev–Trinajstić information content (AvgIpc) is 2.80. The van der Waals surface area contributed by atoms with Crippen LogP contribution in [0.25, 0.3) is 5.69 Å². The Kier molecular flexibility index (Phi) is 4.53. The van der Waals surface area contributed by atoms with E-state index in [1.165, 1.54) is 0 Å². The topological polar surface area (TPSA) is 64.0 Å². The number of nitrogens with zero attached hydrogens (tertiary/aromatic N) is 2. The fourth-order valence-electron chi connectivity index (χ4n) is 1.77. The van der Waals surface area contributed by atoms with Gasteiger partial charge in [0.1, 0.15) is 5.82 Å². The normalized spacial score (nSPS) is 10.3.